The number of anilines is 1. The molecule has 0 saturated heterocycles. The van der Waals surface area contributed by atoms with E-state index in [4.69, 9.17) is 16.3 Å². The lowest BCUT2D eigenvalue weighted by Crippen LogP contribution is -2.22. The van der Waals surface area contributed by atoms with Gasteiger partial charge in [0.25, 0.3) is 5.91 Å². The van der Waals surface area contributed by atoms with Crippen molar-refractivity contribution in [2.45, 2.75) is 44.4 Å². The second-order valence-electron chi connectivity index (χ2n) is 7.84. The molecule has 1 aromatic heterocycles. The van der Waals surface area contributed by atoms with Crippen molar-refractivity contribution in [3.63, 3.8) is 0 Å². The van der Waals surface area contributed by atoms with Gasteiger partial charge in [-0.15, -0.1) is 0 Å². The molecule has 2 N–H and O–H groups in total. The van der Waals surface area contributed by atoms with Gasteiger partial charge in [-0.2, -0.15) is 5.10 Å². The van der Waals surface area contributed by atoms with Crippen LogP contribution in [0.15, 0.2) is 34.5 Å². The Hall–Kier alpha value is -2.87. The Kier molecular flexibility index (Phi) is 6.56. The maximum absolute atomic E-state index is 12.0. The first-order valence-corrected chi connectivity index (χ1v) is 10.9. The Morgan fingerprint density at radius 2 is 2.06 bits per heavy atom. The van der Waals surface area contributed by atoms with Crippen LogP contribution in [0.4, 0.5) is 5.69 Å². The molecule has 1 aromatic carbocycles. The maximum atomic E-state index is 12.0. The van der Waals surface area contributed by atoms with Crippen molar-refractivity contribution in [1.29, 1.82) is 0 Å². The van der Waals surface area contributed by atoms with E-state index in [0.717, 1.165) is 17.7 Å². The van der Waals surface area contributed by atoms with E-state index in [-0.39, 0.29) is 18.1 Å². The molecule has 164 valence electrons. The van der Waals surface area contributed by atoms with Gasteiger partial charge in [-0.25, -0.2) is 0 Å². The molecule has 4 rings (SSSR count). The van der Waals surface area contributed by atoms with E-state index >= 15 is 0 Å². The van der Waals surface area contributed by atoms with Crippen LogP contribution in [-0.2, 0) is 6.42 Å². The van der Waals surface area contributed by atoms with Crippen molar-refractivity contribution in [3.8, 4) is 5.75 Å². The Balaban J connectivity index is 1.34. The Morgan fingerprint density at radius 1 is 1.29 bits per heavy atom. The minimum absolute atomic E-state index is 0.0986. The highest BCUT2D eigenvalue weighted by atomic mass is 35.5. The molecule has 8 nitrogen and oxygen atoms in total. The average molecular weight is 443 g/mol. The van der Waals surface area contributed by atoms with Crippen molar-refractivity contribution in [1.82, 2.24) is 15.1 Å². The number of hydrogen-bond acceptors (Lipinski definition) is 6. The zero-order valence-electron chi connectivity index (χ0n) is 17.7. The van der Waals surface area contributed by atoms with Crippen LogP contribution in [0.1, 0.15) is 47.6 Å². The van der Waals surface area contributed by atoms with Crippen molar-refractivity contribution in [2.75, 3.05) is 19.5 Å². The van der Waals surface area contributed by atoms with Crippen molar-refractivity contribution < 1.29 is 9.53 Å². The fourth-order valence-electron chi connectivity index (χ4n) is 3.68. The first-order chi connectivity index (χ1) is 15.1. The number of rotatable bonds is 8. The summed E-state index contributed by atoms with van der Waals surface area (Å²) >= 11 is 6.46. The van der Waals surface area contributed by atoms with Gasteiger partial charge in [0.1, 0.15) is 5.75 Å². The smallest absolute Gasteiger partial charge is 0.251 e. The number of carbonyl (C=O) groups is 1. The zero-order chi connectivity index (χ0) is 21.8. The number of benzene rings is 1. The van der Waals surface area contributed by atoms with Crippen LogP contribution >= 0.6 is 11.6 Å². The van der Waals surface area contributed by atoms with Crippen LogP contribution in [0.2, 0.25) is 5.02 Å². The molecule has 0 atom stereocenters. The predicted octanol–water partition coefficient (Wildman–Crippen LogP) is 3.73. The molecule has 1 aliphatic carbocycles. The van der Waals surface area contributed by atoms with Gasteiger partial charge < -0.3 is 15.4 Å². The van der Waals surface area contributed by atoms with Crippen LogP contribution in [0.3, 0.4) is 0 Å². The molecule has 0 radical (unpaired) electrons. The normalized spacial score (nSPS) is 20.4. The number of aromatic nitrogens is 2. The van der Waals surface area contributed by atoms with E-state index in [1.54, 1.807) is 20.2 Å². The van der Waals surface area contributed by atoms with Gasteiger partial charge in [0.2, 0.25) is 6.29 Å². The number of nitrogens with one attached hydrogen (secondary N) is 2. The highest BCUT2D eigenvalue weighted by molar-refractivity contribution is 6.33. The summed E-state index contributed by atoms with van der Waals surface area (Å²) in [6, 6.07) is 3.99. The second kappa shape index (κ2) is 9.51. The van der Waals surface area contributed by atoms with E-state index in [0.29, 0.717) is 28.8 Å². The van der Waals surface area contributed by atoms with Crippen LogP contribution < -0.4 is 15.4 Å². The van der Waals surface area contributed by atoms with Crippen LogP contribution in [0, 0.1) is 5.92 Å². The lowest BCUT2D eigenvalue weighted by Gasteiger charge is -2.25. The number of nitrogens with zero attached hydrogens (tertiary/aromatic N) is 4. The van der Waals surface area contributed by atoms with E-state index < -0.39 is 0 Å². The molecule has 9 heteroatoms. The van der Waals surface area contributed by atoms with Crippen molar-refractivity contribution in [2.24, 2.45) is 15.9 Å². The molecule has 1 fully saturated rings. The first kappa shape index (κ1) is 21.4. The molecule has 2 aromatic rings. The van der Waals surface area contributed by atoms with Gasteiger partial charge in [0.05, 0.1) is 30.1 Å². The number of hydrogen-bond donors (Lipinski definition) is 2. The highest BCUT2D eigenvalue weighted by Gasteiger charge is 2.21. The third-order valence-corrected chi connectivity index (χ3v) is 6.18. The van der Waals surface area contributed by atoms with Gasteiger partial charge in [0, 0.05) is 37.2 Å². The lowest BCUT2D eigenvalue weighted by molar-refractivity contribution is 0.0962. The Labute approximate surface area is 186 Å². The zero-order valence-corrected chi connectivity index (χ0v) is 18.5. The summed E-state index contributed by atoms with van der Waals surface area (Å²) in [6.07, 6.45) is 12.5. The number of aryl methyl sites for hydroxylation is 1. The molecule has 1 aliphatic heterocycles. The largest absolute Gasteiger partial charge is 0.495 e. The minimum Gasteiger partial charge on any atom is -0.495 e. The number of carbonyl (C=O) groups excluding carboxylic acids is 1. The third-order valence-electron chi connectivity index (χ3n) is 5.75. The van der Waals surface area contributed by atoms with E-state index in [1.807, 2.05) is 35.6 Å². The standard InChI is InChI=1S/C22H27ClN6O2/c1-24-21(30)16-8-15(20(23)19(9-16)31-2)7-6-14-10-25-22(26-11-14)28-17-12-27-29(13-17)18-4-3-5-18/h8-14,18,22,28H,3-7H2,1-2H3,(H,24,30). The summed E-state index contributed by atoms with van der Waals surface area (Å²) in [4.78, 5) is 21.1. The van der Waals surface area contributed by atoms with Gasteiger partial charge in [-0.3, -0.25) is 19.5 Å². The van der Waals surface area contributed by atoms with E-state index in [1.165, 1.54) is 19.3 Å². The number of methoxy groups -OCH3 is 1. The van der Waals surface area contributed by atoms with Crippen LogP contribution in [0.25, 0.3) is 0 Å². The summed E-state index contributed by atoms with van der Waals surface area (Å²) < 4.78 is 7.35. The monoisotopic (exact) mass is 442 g/mol. The summed E-state index contributed by atoms with van der Waals surface area (Å²) in [7, 11) is 3.14. The summed E-state index contributed by atoms with van der Waals surface area (Å²) in [5, 5.41) is 10.9. The molecule has 0 spiro atoms. The summed E-state index contributed by atoms with van der Waals surface area (Å²) in [6.45, 7) is 0. The number of ether oxygens (including phenoxy) is 1. The van der Waals surface area contributed by atoms with Crippen LogP contribution in [-0.4, -0.2) is 48.6 Å². The molecule has 2 heterocycles. The minimum atomic E-state index is -0.337. The maximum Gasteiger partial charge on any atom is 0.251 e. The molecule has 2 aliphatic rings. The number of aliphatic imine (C=N–C) groups is 2. The SMILES string of the molecule is CNC(=O)c1cc(CCC2C=NC(Nc3cnn(C4CCC4)c3)N=C2)c(Cl)c(OC)c1. The molecule has 0 unspecified atom stereocenters. The molecular formula is C22H27ClN6O2. The molecule has 1 saturated carbocycles. The fourth-order valence-corrected chi connectivity index (χ4v) is 3.96. The fraction of sp³-hybridized carbons (Fsp3) is 0.455. The Morgan fingerprint density at radius 3 is 2.71 bits per heavy atom. The predicted molar refractivity (Wildman–Crippen MR) is 123 cm³/mol. The van der Waals surface area contributed by atoms with Crippen molar-refractivity contribution >= 4 is 35.6 Å². The summed E-state index contributed by atoms with van der Waals surface area (Å²) in [5.74, 6) is 0.420. The molecule has 31 heavy (non-hydrogen) atoms. The van der Waals surface area contributed by atoms with Gasteiger partial charge >= 0.3 is 0 Å². The average Bonchev–Trinajstić information content (AvgIpc) is 3.19. The summed E-state index contributed by atoms with van der Waals surface area (Å²) in [5.41, 5.74) is 2.32. The number of amides is 1. The topological polar surface area (TPSA) is 92.9 Å². The molecule has 1 amide bonds. The van der Waals surface area contributed by atoms with Gasteiger partial charge in [-0.1, -0.05) is 11.6 Å². The number of halogens is 1. The van der Waals surface area contributed by atoms with Crippen molar-refractivity contribution in [3.05, 3.63) is 40.7 Å². The molecule has 0 bridgehead atoms. The Bertz CT molecular complexity index is 984. The molecular weight excluding hydrogens is 416 g/mol. The highest BCUT2D eigenvalue weighted by Crippen LogP contribution is 2.32. The second-order valence-corrected chi connectivity index (χ2v) is 8.22. The van der Waals surface area contributed by atoms with Gasteiger partial charge in [-0.05, 0) is 49.8 Å². The first-order valence-electron chi connectivity index (χ1n) is 10.5. The third kappa shape index (κ3) is 4.90. The van der Waals surface area contributed by atoms with Crippen LogP contribution in [0.5, 0.6) is 5.75 Å². The van der Waals surface area contributed by atoms with E-state index in [2.05, 4.69) is 25.7 Å². The quantitative estimate of drug-likeness (QED) is 0.651. The lowest BCUT2D eigenvalue weighted by atomic mass is 9.93. The van der Waals surface area contributed by atoms with Gasteiger partial charge in [0.15, 0.2) is 0 Å². The van der Waals surface area contributed by atoms with E-state index in [9.17, 15) is 4.79 Å².